The Balaban J connectivity index is 0.000000287. The van der Waals surface area contributed by atoms with Gasteiger partial charge in [-0.15, -0.1) is 0 Å². The van der Waals surface area contributed by atoms with E-state index in [2.05, 4.69) is 4.52 Å². The lowest BCUT2D eigenvalue weighted by atomic mass is 9.88. The molecule has 2 aliphatic carbocycles. The summed E-state index contributed by atoms with van der Waals surface area (Å²) < 4.78 is 59.2. The molecule has 11 atom stereocenters. The highest BCUT2D eigenvalue weighted by atomic mass is 31.2. The predicted molar refractivity (Wildman–Crippen MR) is 142 cm³/mol. The SMILES string of the molecule is CC(C)[C@@H]1O[C@H](COP(=O)(O)CP(=O)(O)O)C(O)[C@@H]1O.CC(C)[C@@H]1[C@H]2C[C@@]2(COP(=O)(O)CP(=O)(O)O)C(O)[C@@H]1O. The molecule has 10 N–H and O–H groups in total. The van der Waals surface area contributed by atoms with Crippen LogP contribution in [0.15, 0.2) is 0 Å². The van der Waals surface area contributed by atoms with Gasteiger partial charge < -0.3 is 63.6 Å². The number of hydrogen-bond donors (Lipinski definition) is 10. The lowest BCUT2D eigenvalue weighted by Gasteiger charge is -2.25. The second-order valence-electron chi connectivity index (χ2n) is 11.6. The molecule has 0 spiro atoms. The lowest BCUT2D eigenvalue weighted by Crippen LogP contribution is -2.36. The van der Waals surface area contributed by atoms with E-state index in [9.17, 15) is 48.5 Å². The molecule has 1 aliphatic heterocycles. The van der Waals surface area contributed by atoms with E-state index in [-0.39, 0.29) is 30.3 Å². The van der Waals surface area contributed by atoms with Gasteiger partial charge in [0.05, 0.1) is 31.5 Å². The number of aliphatic hydroxyl groups is 4. The van der Waals surface area contributed by atoms with Gasteiger partial charge in [0.15, 0.2) is 11.8 Å². The zero-order valence-corrected chi connectivity index (χ0v) is 26.5. The molecule has 21 heteroatoms. The van der Waals surface area contributed by atoms with Crippen molar-refractivity contribution in [3.63, 3.8) is 0 Å². The van der Waals surface area contributed by atoms with Crippen molar-refractivity contribution in [2.24, 2.45) is 29.1 Å². The zero-order valence-electron chi connectivity index (χ0n) is 22.9. The first-order valence-corrected chi connectivity index (χ1v) is 19.8. The van der Waals surface area contributed by atoms with Crippen LogP contribution in [-0.4, -0.2) is 111 Å². The second-order valence-corrected chi connectivity index (χ2v) is 19.6. The maximum atomic E-state index is 11.6. The fraction of sp³-hybridized carbons (Fsp3) is 1.00. The van der Waals surface area contributed by atoms with E-state index in [0.717, 1.165) is 0 Å². The molecule has 0 aromatic carbocycles. The molecule has 0 aromatic heterocycles. The third-order valence-corrected chi connectivity index (χ3v) is 14.4. The first-order chi connectivity index (χ1) is 18.3. The van der Waals surface area contributed by atoms with Crippen molar-refractivity contribution >= 4 is 30.4 Å². The Morgan fingerprint density at radius 3 is 1.63 bits per heavy atom. The van der Waals surface area contributed by atoms with Crippen LogP contribution in [0.4, 0.5) is 0 Å². The smallest absolute Gasteiger partial charge is 0.340 e. The van der Waals surface area contributed by atoms with Crippen molar-refractivity contribution in [1.82, 2.24) is 0 Å². The van der Waals surface area contributed by atoms with Crippen molar-refractivity contribution in [2.75, 3.05) is 25.0 Å². The van der Waals surface area contributed by atoms with Crippen LogP contribution in [0.1, 0.15) is 34.1 Å². The van der Waals surface area contributed by atoms with E-state index in [1.807, 2.05) is 13.8 Å². The zero-order chi connectivity index (χ0) is 31.9. The van der Waals surface area contributed by atoms with Crippen molar-refractivity contribution in [2.45, 2.75) is 70.7 Å². The Kier molecular flexibility index (Phi) is 12.3. The van der Waals surface area contributed by atoms with Crippen molar-refractivity contribution < 1.29 is 81.8 Å². The lowest BCUT2D eigenvalue weighted by molar-refractivity contribution is -0.0373. The molecular weight excluding hydrogens is 636 g/mol. The molecule has 244 valence electrons. The van der Waals surface area contributed by atoms with E-state index < -0.39 is 90.8 Å². The van der Waals surface area contributed by atoms with E-state index in [4.69, 9.17) is 28.8 Å². The van der Waals surface area contributed by atoms with Gasteiger partial charge in [0.1, 0.15) is 18.3 Å². The minimum absolute atomic E-state index is 0.00226. The van der Waals surface area contributed by atoms with Gasteiger partial charge in [0.25, 0.3) is 0 Å². The van der Waals surface area contributed by atoms with E-state index in [1.54, 1.807) is 13.8 Å². The summed E-state index contributed by atoms with van der Waals surface area (Å²) in [6, 6.07) is 0. The Morgan fingerprint density at radius 2 is 1.24 bits per heavy atom. The third-order valence-electron chi connectivity index (χ3n) is 7.48. The summed E-state index contributed by atoms with van der Waals surface area (Å²) in [4.78, 5) is 53.5. The summed E-state index contributed by atoms with van der Waals surface area (Å²) in [6.07, 6.45) is -5.50. The molecular formula is C20H42O17P4. The monoisotopic (exact) mass is 678 g/mol. The molecule has 3 aliphatic rings. The van der Waals surface area contributed by atoms with Gasteiger partial charge >= 0.3 is 30.4 Å². The highest BCUT2D eigenvalue weighted by Crippen LogP contribution is 2.69. The summed E-state index contributed by atoms with van der Waals surface area (Å²) in [5.41, 5.74) is -0.776. The van der Waals surface area contributed by atoms with Crippen molar-refractivity contribution in [3.05, 3.63) is 0 Å². The van der Waals surface area contributed by atoms with Crippen LogP contribution in [-0.2, 0) is 32.0 Å². The summed E-state index contributed by atoms with van der Waals surface area (Å²) >= 11 is 0. The fourth-order valence-electron chi connectivity index (χ4n) is 5.53. The maximum Gasteiger partial charge on any atom is 0.340 e. The second kappa shape index (κ2) is 13.4. The van der Waals surface area contributed by atoms with Crippen molar-refractivity contribution in [1.29, 1.82) is 0 Å². The maximum absolute atomic E-state index is 11.6. The Bertz CT molecular complexity index is 1090. The standard InChI is InChI=1S/C11H22O8P2.C9H20O9P2/c1-6(2)8-7-3-11(7,10(13)9(8)12)4-19-21(17,18)5-20(14,15)16;1-5(2)9-8(11)7(10)6(18-9)3-17-20(15,16)4-19(12,13)14/h6-10,12-13H,3-5H2,1-2H3,(H,17,18)(H2,14,15,16);5-11H,3-4H2,1-2H3,(H,15,16)(H2,12,13,14)/t7-,8-,9-,10?,11+;6-,7?,8+,9+/m11/s1. The number of rotatable bonds is 12. The quantitative estimate of drug-likeness (QED) is 0.120. The molecule has 0 radical (unpaired) electrons. The van der Waals surface area contributed by atoms with Crippen LogP contribution >= 0.6 is 30.4 Å². The summed E-state index contributed by atoms with van der Waals surface area (Å²) in [5, 5.41) is 39.7. The highest BCUT2D eigenvalue weighted by molar-refractivity contribution is 7.70. The van der Waals surface area contributed by atoms with E-state index >= 15 is 0 Å². The average molecular weight is 678 g/mol. The van der Waals surface area contributed by atoms with Crippen LogP contribution in [0, 0.1) is 29.1 Å². The Labute approximate surface area is 237 Å². The summed E-state index contributed by atoms with van der Waals surface area (Å²) in [5.74, 6) is -2.59. The Hall–Kier alpha value is 0.400. The topological polar surface area (TPSA) is 298 Å². The van der Waals surface area contributed by atoms with Gasteiger partial charge in [-0.2, -0.15) is 0 Å². The van der Waals surface area contributed by atoms with Gasteiger partial charge in [-0.3, -0.25) is 18.3 Å². The van der Waals surface area contributed by atoms with Gasteiger partial charge in [-0.25, -0.2) is 0 Å². The van der Waals surface area contributed by atoms with Gasteiger partial charge in [-0.05, 0) is 30.1 Å². The minimum atomic E-state index is -4.69. The molecule has 0 amide bonds. The average Bonchev–Trinajstić information content (AvgIpc) is 3.33. The molecule has 0 aromatic rings. The number of hydrogen-bond acceptors (Lipinski definition) is 11. The van der Waals surface area contributed by atoms with E-state index in [1.165, 1.54) is 0 Å². The van der Waals surface area contributed by atoms with Crippen LogP contribution in [0.2, 0.25) is 0 Å². The molecule has 4 unspecified atom stereocenters. The summed E-state index contributed by atoms with van der Waals surface area (Å²) in [6.45, 7) is 6.58. The minimum Gasteiger partial charge on any atom is -0.390 e. The Morgan fingerprint density at radius 1 is 0.756 bits per heavy atom. The van der Waals surface area contributed by atoms with Gasteiger partial charge in [0, 0.05) is 5.41 Å². The van der Waals surface area contributed by atoms with Crippen LogP contribution in [0.25, 0.3) is 0 Å². The highest BCUT2D eigenvalue weighted by Gasteiger charge is 2.71. The molecule has 1 heterocycles. The van der Waals surface area contributed by atoms with Crippen molar-refractivity contribution in [3.8, 4) is 0 Å². The fourth-order valence-corrected chi connectivity index (χ4v) is 10.7. The van der Waals surface area contributed by atoms with Crippen LogP contribution in [0.5, 0.6) is 0 Å². The molecule has 3 fully saturated rings. The van der Waals surface area contributed by atoms with Crippen LogP contribution in [0.3, 0.4) is 0 Å². The van der Waals surface area contributed by atoms with E-state index in [0.29, 0.717) is 6.42 Å². The number of fused-ring (bicyclic) bond motifs is 1. The first kappa shape index (κ1) is 37.6. The molecule has 1 saturated heterocycles. The van der Waals surface area contributed by atoms with Gasteiger partial charge in [0.2, 0.25) is 0 Å². The molecule has 2 saturated carbocycles. The number of aliphatic hydroxyl groups excluding tert-OH is 4. The predicted octanol–water partition coefficient (Wildman–Crippen LogP) is -0.194. The molecule has 41 heavy (non-hydrogen) atoms. The largest absolute Gasteiger partial charge is 0.390 e. The normalized spacial score (nSPS) is 38.2. The van der Waals surface area contributed by atoms with Gasteiger partial charge in [-0.1, -0.05) is 27.7 Å². The third kappa shape index (κ3) is 10.2. The number of ether oxygens (including phenoxy) is 1. The molecule has 17 nitrogen and oxygen atoms in total. The molecule has 3 rings (SSSR count). The van der Waals surface area contributed by atoms with Crippen LogP contribution < -0.4 is 0 Å². The molecule has 0 bridgehead atoms. The first-order valence-electron chi connectivity index (χ1n) is 12.7. The summed E-state index contributed by atoms with van der Waals surface area (Å²) in [7, 11) is -18.3.